The zero-order valence-corrected chi connectivity index (χ0v) is 15.1. The Hall–Kier alpha value is -2.57. The van der Waals surface area contributed by atoms with Gasteiger partial charge in [0, 0.05) is 44.8 Å². The van der Waals surface area contributed by atoms with Crippen LogP contribution in [-0.4, -0.2) is 63.5 Å². The molecule has 1 saturated heterocycles. The molecule has 1 aliphatic heterocycles. The van der Waals surface area contributed by atoms with Gasteiger partial charge in [-0.25, -0.2) is 9.78 Å². The highest BCUT2D eigenvalue weighted by atomic mass is 16.2. The molecule has 7 nitrogen and oxygen atoms in total. The number of carbonyl (C=O) groups excluding carboxylic acids is 2. The lowest BCUT2D eigenvalue weighted by molar-refractivity contribution is 0.0663. The molecule has 0 unspecified atom stereocenters. The highest BCUT2D eigenvalue weighted by Crippen LogP contribution is 2.19. The Labute approximate surface area is 153 Å². The van der Waals surface area contributed by atoms with E-state index in [2.05, 4.69) is 10.3 Å². The van der Waals surface area contributed by atoms with Crippen molar-refractivity contribution < 1.29 is 9.59 Å². The first-order valence-electron chi connectivity index (χ1n) is 9.37. The molecule has 0 radical (unpaired) electrons. The van der Waals surface area contributed by atoms with Crippen LogP contribution in [-0.2, 0) is 7.05 Å². The first kappa shape index (κ1) is 16.9. The molecule has 7 heteroatoms. The molecular weight excluding hydrogens is 330 g/mol. The largest absolute Gasteiger partial charge is 0.335 e. The monoisotopic (exact) mass is 355 g/mol. The second-order valence-electron chi connectivity index (χ2n) is 7.27. The van der Waals surface area contributed by atoms with E-state index in [0.29, 0.717) is 37.8 Å². The van der Waals surface area contributed by atoms with Gasteiger partial charge in [-0.1, -0.05) is 12.8 Å². The molecule has 2 heterocycles. The predicted molar refractivity (Wildman–Crippen MR) is 99.0 cm³/mol. The van der Waals surface area contributed by atoms with Crippen molar-refractivity contribution in [1.82, 2.24) is 24.7 Å². The topological polar surface area (TPSA) is 70.5 Å². The lowest BCUT2D eigenvalue weighted by Crippen LogP contribution is -2.54. The van der Waals surface area contributed by atoms with Crippen molar-refractivity contribution >= 4 is 23.0 Å². The number of hydrogen-bond acceptors (Lipinski definition) is 3. The molecule has 1 aromatic carbocycles. The minimum Gasteiger partial charge on any atom is -0.335 e. The Morgan fingerprint density at radius 3 is 2.50 bits per heavy atom. The van der Waals surface area contributed by atoms with Gasteiger partial charge >= 0.3 is 6.03 Å². The molecule has 1 aromatic heterocycles. The number of benzene rings is 1. The second-order valence-corrected chi connectivity index (χ2v) is 7.27. The van der Waals surface area contributed by atoms with Crippen LogP contribution >= 0.6 is 0 Å². The highest BCUT2D eigenvalue weighted by molar-refractivity contribution is 5.97. The summed E-state index contributed by atoms with van der Waals surface area (Å²) in [6, 6.07) is 5.97. The van der Waals surface area contributed by atoms with Gasteiger partial charge in [0.25, 0.3) is 5.91 Å². The van der Waals surface area contributed by atoms with E-state index in [1.165, 1.54) is 12.8 Å². The summed E-state index contributed by atoms with van der Waals surface area (Å²) in [5.74, 6) is 0.00778. The van der Waals surface area contributed by atoms with Crippen LogP contribution in [0.2, 0.25) is 0 Å². The van der Waals surface area contributed by atoms with E-state index in [-0.39, 0.29) is 11.9 Å². The standard InChI is InChI=1S/C19H25N5O2/c1-22-13-20-16-12-14(6-7-17(16)22)18(25)23-8-10-24(11-9-23)19(26)21-15-4-2-3-5-15/h6-7,12-13,15H,2-5,8-11H2,1H3,(H,21,26). The predicted octanol–water partition coefficient (Wildman–Crippen LogP) is 1.98. The number of piperazine rings is 1. The number of aromatic nitrogens is 2. The van der Waals surface area contributed by atoms with Gasteiger partial charge in [-0.3, -0.25) is 4.79 Å². The smallest absolute Gasteiger partial charge is 0.317 e. The van der Waals surface area contributed by atoms with Crippen LogP contribution in [0.3, 0.4) is 0 Å². The number of aryl methyl sites for hydroxylation is 1. The number of imidazole rings is 1. The third-order valence-electron chi connectivity index (χ3n) is 5.51. The van der Waals surface area contributed by atoms with Crippen LogP contribution in [0.1, 0.15) is 36.0 Å². The van der Waals surface area contributed by atoms with Gasteiger partial charge in [0.05, 0.1) is 17.4 Å². The van der Waals surface area contributed by atoms with Crippen molar-refractivity contribution in [2.45, 2.75) is 31.7 Å². The van der Waals surface area contributed by atoms with Crippen molar-refractivity contribution in [2.24, 2.45) is 7.05 Å². The zero-order valence-electron chi connectivity index (χ0n) is 15.1. The third kappa shape index (κ3) is 3.25. The molecule has 2 aromatic rings. The van der Waals surface area contributed by atoms with Gasteiger partial charge in [0.15, 0.2) is 0 Å². The average molecular weight is 355 g/mol. The van der Waals surface area contributed by atoms with E-state index in [9.17, 15) is 9.59 Å². The summed E-state index contributed by atoms with van der Waals surface area (Å²) in [5, 5.41) is 3.12. The Morgan fingerprint density at radius 1 is 1.08 bits per heavy atom. The van der Waals surface area contributed by atoms with Crippen molar-refractivity contribution in [3.8, 4) is 0 Å². The molecule has 138 valence electrons. The zero-order chi connectivity index (χ0) is 18.1. The van der Waals surface area contributed by atoms with Crippen molar-refractivity contribution in [2.75, 3.05) is 26.2 Å². The van der Waals surface area contributed by atoms with Gasteiger partial charge in [0.1, 0.15) is 0 Å². The summed E-state index contributed by atoms with van der Waals surface area (Å²) >= 11 is 0. The minimum atomic E-state index is 0.00778. The number of carbonyl (C=O) groups is 2. The molecule has 26 heavy (non-hydrogen) atoms. The van der Waals surface area contributed by atoms with Crippen LogP contribution < -0.4 is 5.32 Å². The molecular formula is C19H25N5O2. The molecule has 4 rings (SSSR count). The normalized spacial score (nSPS) is 18.5. The van der Waals surface area contributed by atoms with Crippen molar-refractivity contribution in [3.05, 3.63) is 30.1 Å². The second kappa shape index (κ2) is 6.97. The fraction of sp³-hybridized carbons (Fsp3) is 0.526. The summed E-state index contributed by atoms with van der Waals surface area (Å²) in [6.45, 7) is 2.29. The van der Waals surface area contributed by atoms with Gasteiger partial charge in [-0.2, -0.15) is 0 Å². The quantitative estimate of drug-likeness (QED) is 0.895. The van der Waals surface area contributed by atoms with Crippen molar-refractivity contribution in [1.29, 1.82) is 0 Å². The minimum absolute atomic E-state index is 0.00778. The lowest BCUT2D eigenvalue weighted by atomic mass is 10.1. The molecule has 1 saturated carbocycles. The Morgan fingerprint density at radius 2 is 1.77 bits per heavy atom. The fourth-order valence-electron chi connectivity index (χ4n) is 3.90. The highest BCUT2D eigenvalue weighted by Gasteiger charge is 2.27. The molecule has 0 bridgehead atoms. The maximum atomic E-state index is 12.8. The molecule has 0 atom stereocenters. The lowest BCUT2D eigenvalue weighted by Gasteiger charge is -2.35. The van der Waals surface area contributed by atoms with Gasteiger partial charge in [0.2, 0.25) is 0 Å². The number of urea groups is 1. The van der Waals surface area contributed by atoms with E-state index >= 15 is 0 Å². The molecule has 1 N–H and O–H groups in total. The Bertz CT molecular complexity index is 816. The number of rotatable bonds is 2. The number of amides is 3. The first-order valence-corrected chi connectivity index (χ1v) is 9.37. The van der Waals surface area contributed by atoms with Crippen LogP contribution in [0, 0.1) is 0 Å². The molecule has 3 amide bonds. The van der Waals surface area contributed by atoms with E-state index in [4.69, 9.17) is 0 Å². The maximum absolute atomic E-state index is 12.8. The molecule has 2 aliphatic rings. The maximum Gasteiger partial charge on any atom is 0.317 e. The van der Waals surface area contributed by atoms with E-state index in [1.807, 2.05) is 39.6 Å². The molecule has 1 aliphatic carbocycles. The summed E-state index contributed by atoms with van der Waals surface area (Å²) in [5.41, 5.74) is 2.49. The number of nitrogens with zero attached hydrogens (tertiary/aromatic N) is 4. The molecule has 0 spiro atoms. The molecule has 2 fully saturated rings. The summed E-state index contributed by atoms with van der Waals surface area (Å²) in [4.78, 5) is 33.1. The summed E-state index contributed by atoms with van der Waals surface area (Å²) < 4.78 is 1.94. The van der Waals surface area contributed by atoms with Crippen LogP contribution in [0.4, 0.5) is 4.79 Å². The Balaban J connectivity index is 1.35. The van der Waals surface area contributed by atoms with Crippen LogP contribution in [0.5, 0.6) is 0 Å². The van der Waals surface area contributed by atoms with Crippen LogP contribution in [0.15, 0.2) is 24.5 Å². The SMILES string of the molecule is Cn1cnc2cc(C(=O)N3CCN(C(=O)NC4CCCC4)CC3)ccc21. The van der Waals surface area contributed by atoms with Gasteiger partial charge in [-0.15, -0.1) is 0 Å². The van der Waals surface area contributed by atoms with E-state index in [1.54, 1.807) is 6.33 Å². The van der Waals surface area contributed by atoms with Gasteiger partial charge in [-0.05, 0) is 31.0 Å². The average Bonchev–Trinajstić information content (AvgIpc) is 3.31. The summed E-state index contributed by atoms with van der Waals surface area (Å²) in [6.07, 6.45) is 6.32. The number of fused-ring (bicyclic) bond motifs is 1. The first-order chi connectivity index (χ1) is 12.6. The van der Waals surface area contributed by atoms with Crippen molar-refractivity contribution in [3.63, 3.8) is 0 Å². The number of nitrogens with one attached hydrogen (secondary N) is 1. The van der Waals surface area contributed by atoms with Gasteiger partial charge < -0.3 is 19.7 Å². The fourth-order valence-corrected chi connectivity index (χ4v) is 3.90. The van der Waals surface area contributed by atoms with E-state index < -0.39 is 0 Å². The summed E-state index contributed by atoms with van der Waals surface area (Å²) in [7, 11) is 1.94. The van der Waals surface area contributed by atoms with E-state index in [0.717, 1.165) is 23.9 Å². The Kier molecular flexibility index (Phi) is 4.53. The van der Waals surface area contributed by atoms with Crippen LogP contribution in [0.25, 0.3) is 11.0 Å². The third-order valence-corrected chi connectivity index (χ3v) is 5.51. The number of hydrogen-bond donors (Lipinski definition) is 1.